The Labute approximate surface area is 186 Å². The number of pyridine rings is 1. The summed E-state index contributed by atoms with van der Waals surface area (Å²) in [6, 6.07) is 11.2. The first-order chi connectivity index (χ1) is 15.4. The van der Waals surface area contributed by atoms with Gasteiger partial charge in [0.2, 0.25) is 5.65 Å². The topological polar surface area (TPSA) is 101 Å². The third kappa shape index (κ3) is 4.66. The van der Waals surface area contributed by atoms with E-state index in [-0.39, 0.29) is 11.9 Å². The first-order valence-corrected chi connectivity index (χ1v) is 10.4. The fourth-order valence-electron chi connectivity index (χ4n) is 3.26. The molecule has 0 spiro atoms. The van der Waals surface area contributed by atoms with E-state index in [4.69, 9.17) is 0 Å². The van der Waals surface area contributed by atoms with Crippen LogP contribution in [-0.4, -0.2) is 44.7 Å². The number of fused-ring (bicyclic) bond motifs is 1. The summed E-state index contributed by atoms with van der Waals surface area (Å²) in [6.07, 6.45) is 5.16. The SMILES string of the molecule is CCn1cc2ncc(N[C@@H](C)c3cccc(NC(=O)c4ccc(N(C)C)nc4)c3)nc2n1. The molecule has 1 aromatic carbocycles. The molecule has 0 saturated carbocycles. The van der Waals surface area contributed by atoms with Crippen LogP contribution in [0, 0.1) is 0 Å². The van der Waals surface area contributed by atoms with Crippen LogP contribution in [0.25, 0.3) is 11.2 Å². The van der Waals surface area contributed by atoms with Crippen molar-refractivity contribution in [3.05, 3.63) is 66.1 Å². The zero-order chi connectivity index (χ0) is 22.7. The molecule has 0 saturated heterocycles. The summed E-state index contributed by atoms with van der Waals surface area (Å²) in [7, 11) is 3.81. The lowest BCUT2D eigenvalue weighted by atomic mass is 10.1. The predicted molar refractivity (Wildman–Crippen MR) is 126 cm³/mol. The fraction of sp³-hybridized carbons (Fsp3) is 0.261. The van der Waals surface area contributed by atoms with Crippen LogP contribution in [-0.2, 0) is 6.54 Å². The number of nitrogens with one attached hydrogen (secondary N) is 2. The minimum Gasteiger partial charge on any atom is -0.363 e. The molecule has 1 atom stereocenters. The maximum Gasteiger partial charge on any atom is 0.257 e. The number of anilines is 3. The number of carbonyl (C=O) groups is 1. The number of aryl methyl sites for hydroxylation is 1. The fourth-order valence-corrected chi connectivity index (χ4v) is 3.26. The highest BCUT2D eigenvalue weighted by Gasteiger charge is 2.12. The van der Waals surface area contributed by atoms with Gasteiger partial charge in [-0.05, 0) is 43.7 Å². The number of benzene rings is 1. The molecule has 1 amide bonds. The smallest absolute Gasteiger partial charge is 0.257 e. The number of aromatic nitrogens is 5. The first kappa shape index (κ1) is 21.2. The van der Waals surface area contributed by atoms with Gasteiger partial charge < -0.3 is 15.5 Å². The maximum absolute atomic E-state index is 12.6. The Bertz CT molecular complexity index is 1230. The number of rotatable bonds is 7. The van der Waals surface area contributed by atoms with Crippen LogP contribution >= 0.6 is 0 Å². The van der Waals surface area contributed by atoms with E-state index in [1.807, 2.05) is 74.1 Å². The van der Waals surface area contributed by atoms with Gasteiger partial charge in [0.05, 0.1) is 24.0 Å². The van der Waals surface area contributed by atoms with Crippen molar-refractivity contribution in [2.75, 3.05) is 29.6 Å². The van der Waals surface area contributed by atoms with Gasteiger partial charge in [0, 0.05) is 32.5 Å². The van der Waals surface area contributed by atoms with Crippen molar-refractivity contribution in [3.8, 4) is 0 Å². The molecule has 4 aromatic rings. The van der Waals surface area contributed by atoms with Crippen LogP contribution in [0.15, 0.2) is 55.0 Å². The van der Waals surface area contributed by atoms with E-state index in [9.17, 15) is 4.79 Å². The van der Waals surface area contributed by atoms with Gasteiger partial charge in [0.15, 0.2) is 0 Å². The number of amides is 1. The van der Waals surface area contributed by atoms with E-state index in [0.29, 0.717) is 22.7 Å². The van der Waals surface area contributed by atoms with Gasteiger partial charge in [-0.25, -0.2) is 15.0 Å². The van der Waals surface area contributed by atoms with Gasteiger partial charge >= 0.3 is 0 Å². The highest BCUT2D eigenvalue weighted by atomic mass is 16.1. The molecule has 32 heavy (non-hydrogen) atoms. The van der Waals surface area contributed by atoms with Gasteiger partial charge in [-0.3, -0.25) is 9.48 Å². The number of hydrogen-bond acceptors (Lipinski definition) is 7. The molecular formula is C23H26N8O. The van der Waals surface area contributed by atoms with Gasteiger partial charge in [0.25, 0.3) is 5.91 Å². The summed E-state index contributed by atoms with van der Waals surface area (Å²) in [5.74, 6) is 1.24. The van der Waals surface area contributed by atoms with Gasteiger partial charge in [0.1, 0.15) is 17.2 Å². The van der Waals surface area contributed by atoms with E-state index in [2.05, 4.69) is 30.7 Å². The van der Waals surface area contributed by atoms with Crippen LogP contribution in [0.3, 0.4) is 0 Å². The molecule has 9 heteroatoms. The molecule has 3 heterocycles. The summed E-state index contributed by atoms with van der Waals surface area (Å²) >= 11 is 0. The molecule has 0 radical (unpaired) electrons. The van der Waals surface area contributed by atoms with Crippen molar-refractivity contribution in [1.82, 2.24) is 24.7 Å². The summed E-state index contributed by atoms with van der Waals surface area (Å²) in [5.41, 5.74) is 3.59. The van der Waals surface area contributed by atoms with Crippen molar-refractivity contribution < 1.29 is 4.79 Å². The lowest BCUT2D eigenvalue weighted by molar-refractivity contribution is 0.102. The van der Waals surface area contributed by atoms with E-state index in [1.54, 1.807) is 18.5 Å². The number of hydrogen-bond donors (Lipinski definition) is 2. The average molecular weight is 431 g/mol. The van der Waals surface area contributed by atoms with Crippen molar-refractivity contribution in [1.29, 1.82) is 0 Å². The molecule has 2 N–H and O–H groups in total. The Hall–Kier alpha value is -4.01. The van der Waals surface area contributed by atoms with E-state index in [0.717, 1.165) is 23.4 Å². The molecule has 0 aliphatic rings. The molecule has 0 bridgehead atoms. The van der Waals surface area contributed by atoms with E-state index >= 15 is 0 Å². The van der Waals surface area contributed by atoms with Crippen LogP contribution in [0.1, 0.15) is 35.8 Å². The zero-order valence-electron chi connectivity index (χ0n) is 18.6. The Morgan fingerprint density at radius 2 is 2.00 bits per heavy atom. The Morgan fingerprint density at radius 1 is 1.16 bits per heavy atom. The third-order valence-electron chi connectivity index (χ3n) is 5.08. The van der Waals surface area contributed by atoms with Gasteiger partial charge in [-0.15, -0.1) is 0 Å². The standard InChI is InChI=1S/C23H26N8O/c1-5-31-14-19-22(29-31)28-20(13-24-19)26-15(2)16-7-6-8-18(11-16)27-23(32)17-9-10-21(25-12-17)30(3)4/h6-15H,5H2,1-4H3,(H,27,32)(H,26,28,29)/t15-/m0/s1. The van der Waals surface area contributed by atoms with Crippen LogP contribution in [0.4, 0.5) is 17.3 Å². The Balaban J connectivity index is 1.45. The molecule has 0 unspecified atom stereocenters. The molecule has 4 rings (SSSR count). The van der Waals surface area contributed by atoms with Crippen molar-refractivity contribution in [2.45, 2.75) is 26.4 Å². The average Bonchev–Trinajstić information content (AvgIpc) is 3.22. The quantitative estimate of drug-likeness (QED) is 0.461. The van der Waals surface area contributed by atoms with Crippen LogP contribution in [0.5, 0.6) is 0 Å². The number of nitrogens with zero attached hydrogens (tertiary/aromatic N) is 6. The first-order valence-electron chi connectivity index (χ1n) is 10.4. The predicted octanol–water partition coefficient (Wildman–Crippen LogP) is 3.73. The highest BCUT2D eigenvalue weighted by molar-refractivity contribution is 6.04. The molecular weight excluding hydrogens is 404 g/mol. The normalized spacial score (nSPS) is 11.9. The summed E-state index contributed by atoms with van der Waals surface area (Å²) in [4.78, 5) is 27.8. The second-order valence-corrected chi connectivity index (χ2v) is 7.69. The third-order valence-corrected chi connectivity index (χ3v) is 5.08. The zero-order valence-corrected chi connectivity index (χ0v) is 18.6. The molecule has 0 aliphatic heterocycles. The second-order valence-electron chi connectivity index (χ2n) is 7.69. The molecule has 9 nitrogen and oxygen atoms in total. The Morgan fingerprint density at radius 3 is 2.72 bits per heavy atom. The van der Waals surface area contributed by atoms with E-state index < -0.39 is 0 Å². The van der Waals surface area contributed by atoms with Crippen molar-refractivity contribution in [3.63, 3.8) is 0 Å². The monoisotopic (exact) mass is 430 g/mol. The molecule has 164 valence electrons. The van der Waals surface area contributed by atoms with Crippen molar-refractivity contribution in [2.24, 2.45) is 0 Å². The molecule has 0 fully saturated rings. The molecule has 0 aliphatic carbocycles. The van der Waals surface area contributed by atoms with Gasteiger partial charge in [-0.1, -0.05) is 12.1 Å². The highest BCUT2D eigenvalue weighted by Crippen LogP contribution is 2.22. The minimum atomic E-state index is -0.205. The summed E-state index contributed by atoms with van der Waals surface area (Å²) in [5, 5.41) is 10.7. The number of carbonyl (C=O) groups excluding carboxylic acids is 1. The lowest BCUT2D eigenvalue weighted by Gasteiger charge is -2.16. The van der Waals surface area contributed by atoms with Gasteiger partial charge in [-0.2, -0.15) is 5.10 Å². The lowest BCUT2D eigenvalue weighted by Crippen LogP contribution is -2.15. The second kappa shape index (κ2) is 9.01. The van der Waals surface area contributed by atoms with Crippen molar-refractivity contribution >= 4 is 34.4 Å². The Kier molecular flexibility index (Phi) is 5.98. The largest absolute Gasteiger partial charge is 0.363 e. The molecule has 3 aromatic heterocycles. The summed E-state index contributed by atoms with van der Waals surface area (Å²) in [6.45, 7) is 4.82. The minimum absolute atomic E-state index is 0.0482. The maximum atomic E-state index is 12.6. The van der Waals surface area contributed by atoms with E-state index in [1.165, 1.54) is 0 Å². The van der Waals surface area contributed by atoms with Crippen LogP contribution in [0.2, 0.25) is 0 Å². The summed E-state index contributed by atoms with van der Waals surface area (Å²) < 4.78 is 1.81. The van der Waals surface area contributed by atoms with Crippen LogP contribution < -0.4 is 15.5 Å².